The van der Waals surface area contributed by atoms with Crippen LogP contribution in [-0.2, 0) is 12.6 Å². The molecule has 2 N–H and O–H groups in total. The van der Waals surface area contributed by atoms with Gasteiger partial charge in [0.1, 0.15) is 0 Å². The molecular weight excluding hydrogens is 239 g/mol. The third kappa shape index (κ3) is 4.69. The first-order valence-electron chi connectivity index (χ1n) is 6.11. The van der Waals surface area contributed by atoms with Crippen molar-refractivity contribution in [3.63, 3.8) is 0 Å². The van der Waals surface area contributed by atoms with E-state index in [0.717, 1.165) is 37.0 Å². The number of hydrogen-bond donors (Lipinski definition) is 1. The van der Waals surface area contributed by atoms with Gasteiger partial charge in [0, 0.05) is 0 Å². The third-order valence-electron chi connectivity index (χ3n) is 3.02. The molecule has 0 saturated heterocycles. The van der Waals surface area contributed by atoms with Crippen molar-refractivity contribution in [1.29, 1.82) is 0 Å². The lowest BCUT2D eigenvalue weighted by Crippen LogP contribution is -2.17. The van der Waals surface area contributed by atoms with Crippen LogP contribution in [0.1, 0.15) is 37.8 Å². The van der Waals surface area contributed by atoms with Crippen LogP contribution in [0.3, 0.4) is 0 Å². The summed E-state index contributed by atoms with van der Waals surface area (Å²) in [5.74, 6) is 0. The molecule has 102 valence electrons. The van der Waals surface area contributed by atoms with Gasteiger partial charge in [-0.3, -0.25) is 0 Å². The van der Waals surface area contributed by atoms with Crippen molar-refractivity contribution in [2.75, 3.05) is 6.54 Å². The van der Waals surface area contributed by atoms with Gasteiger partial charge in [0.15, 0.2) is 0 Å². The Morgan fingerprint density at radius 2 is 1.61 bits per heavy atom. The van der Waals surface area contributed by atoms with Crippen molar-refractivity contribution >= 4 is 0 Å². The van der Waals surface area contributed by atoms with Crippen LogP contribution in [0.15, 0.2) is 24.3 Å². The third-order valence-corrected chi connectivity index (χ3v) is 3.02. The molecule has 0 amide bonds. The number of halogens is 3. The van der Waals surface area contributed by atoms with E-state index >= 15 is 0 Å². The number of alkyl halides is 3. The van der Waals surface area contributed by atoms with Crippen LogP contribution in [0.4, 0.5) is 13.2 Å². The van der Waals surface area contributed by atoms with Crippen molar-refractivity contribution in [2.24, 2.45) is 11.1 Å². The molecule has 1 nitrogen and oxygen atoms in total. The zero-order chi connectivity index (χ0) is 13.8. The van der Waals surface area contributed by atoms with Crippen LogP contribution in [0.2, 0.25) is 0 Å². The predicted octanol–water partition coefficient (Wildman–Crippen LogP) is 4.01. The van der Waals surface area contributed by atoms with Crippen molar-refractivity contribution in [2.45, 2.75) is 39.3 Å². The number of nitrogens with two attached hydrogens (primary N) is 1. The Balaban J connectivity index is 2.69. The quantitative estimate of drug-likeness (QED) is 0.849. The van der Waals surface area contributed by atoms with Crippen LogP contribution in [0, 0.1) is 5.41 Å². The molecular formula is C14H20F3N. The smallest absolute Gasteiger partial charge is 0.330 e. The maximum absolute atomic E-state index is 12.4. The highest BCUT2D eigenvalue weighted by atomic mass is 19.4. The fourth-order valence-corrected chi connectivity index (χ4v) is 2.03. The Labute approximate surface area is 106 Å². The molecule has 1 aromatic carbocycles. The number of benzene rings is 1. The molecule has 0 aliphatic rings. The van der Waals surface area contributed by atoms with Gasteiger partial charge in [0.2, 0.25) is 0 Å². The van der Waals surface area contributed by atoms with Crippen molar-refractivity contribution < 1.29 is 13.2 Å². The van der Waals surface area contributed by atoms with Crippen LogP contribution in [0.25, 0.3) is 0 Å². The minimum absolute atomic E-state index is 0.0686. The van der Waals surface area contributed by atoms with E-state index in [9.17, 15) is 13.2 Å². The van der Waals surface area contributed by atoms with Gasteiger partial charge in [-0.25, -0.2) is 0 Å². The molecule has 0 saturated carbocycles. The van der Waals surface area contributed by atoms with E-state index in [1.54, 1.807) is 12.1 Å². The lowest BCUT2D eigenvalue weighted by atomic mass is 9.81. The normalized spacial score (nSPS) is 12.8. The summed E-state index contributed by atoms with van der Waals surface area (Å²) in [5, 5.41) is 0. The monoisotopic (exact) mass is 259 g/mol. The van der Waals surface area contributed by atoms with Crippen molar-refractivity contribution in [3.8, 4) is 0 Å². The molecule has 1 rings (SSSR count). The van der Waals surface area contributed by atoms with Crippen molar-refractivity contribution in [3.05, 3.63) is 35.4 Å². The standard InChI is InChI=1S/C14H20F3N/c1-13(2,8-3-9-18)10-11-4-6-12(7-5-11)14(15,16)17/h4-7H,3,8-10,18H2,1-2H3. The fraction of sp³-hybridized carbons (Fsp3) is 0.571. The second kappa shape index (κ2) is 5.74. The summed E-state index contributed by atoms with van der Waals surface area (Å²) in [5.41, 5.74) is 5.88. The highest BCUT2D eigenvalue weighted by Crippen LogP contribution is 2.31. The largest absolute Gasteiger partial charge is 0.416 e. The summed E-state index contributed by atoms with van der Waals surface area (Å²) < 4.78 is 37.2. The van der Waals surface area contributed by atoms with E-state index in [4.69, 9.17) is 5.73 Å². The minimum atomic E-state index is -4.26. The van der Waals surface area contributed by atoms with E-state index in [-0.39, 0.29) is 5.41 Å². The van der Waals surface area contributed by atoms with Crippen LogP contribution < -0.4 is 5.73 Å². The molecule has 1 aromatic rings. The molecule has 4 heteroatoms. The Hall–Kier alpha value is -1.03. The number of rotatable bonds is 5. The first-order valence-corrected chi connectivity index (χ1v) is 6.11. The molecule has 0 aliphatic carbocycles. The van der Waals surface area contributed by atoms with Gasteiger partial charge in [0.25, 0.3) is 0 Å². The van der Waals surface area contributed by atoms with Gasteiger partial charge < -0.3 is 5.73 Å². The van der Waals surface area contributed by atoms with Crippen molar-refractivity contribution in [1.82, 2.24) is 0 Å². The topological polar surface area (TPSA) is 26.0 Å². The average Bonchev–Trinajstić information content (AvgIpc) is 2.25. The maximum atomic E-state index is 12.4. The van der Waals surface area contributed by atoms with E-state index in [1.165, 1.54) is 0 Å². The predicted molar refractivity (Wildman–Crippen MR) is 67.2 cm³/mol. The fourth-order valence-electron chi connectivity index (χ4n) is 2.03. The Bertz CT molecular complexity index is 366. The SMILES string of the molecule is CC(C)(CCCN)Cc1ccc(C(F)(F)F)cc1. The average molecular weight is 259 g/mol. The molecule has 0 heterocycles. The summed E-state index contributed by atoms with van der Waals surface area (Å²) in [7, 11) is 0. The van der Waals surface area contributed by atoms with E-state index in [1.807, 2.05) is 0 Å². The van der Waals surface area contributed by atoms with Crippen LogP contribution in [0.5, 0.6) is 0 Å². The molecule has 0 spiro atoms. The van der Waals surface area contributed by atoms with Gasteiger partial charge >= 0.3 is 6.18 Å². The van der Waals surface area contributed by atoms with Gasteiger partial charge in [-0.1, -0.05) is 26.0 Å². The lowest BCUT2D eigenvalue weighted by molar-refractivity contribution is -0.137. The Morgan fingerprint density at radius 1 is 1.06 bits per heavy atom. The highest BCUT2D eigenvalue weighted by molar-refractivity contribution is 5.25. The summed E-state index contributed by atoms with van der Waals surface area (Å²) in [6, 6.07) is 5.42. The number of hydrogen-bond acceptors (Lipinski definition) is 1. The highest BCUT2D eigenvalue weighted by Gasteiger charge is 2.30. The lowest BCUT2D eigenvalue weighted by Gasteiger charge is -2.24. The van der Waals surface area contributed by atoms with Crippen LogP contribution >= 0.6 is 0 Å². The van der Waals surface area contributed by atoms with Gasteiger partial charge in [-0.05, 0) is 48.9 Å². The minimum Gasteiger partial charge on any atom is -0.330 e. The first-order chi connectivity index (χ1) is 8.24. The molecule has 0 radical (unpaired) electrons. The second-order valence-electron chi connectivity index (χ2n) is 5.43. The van der Waals surface area contributed by atoms with Gasteiger partial charge in [-0.2, -0.15) is 13.2 Å². The van der Waals surface area contributed by atoms with E-state index in [2.05, 4.69) is 13.8 Å². The molecule has 0 fully saturated rings. The molecule has 0 aliphatic heterocycles. The molecule has 18 heavy (non-hydrogen) atoms. The summed E-state index contributed by atoms with van der Waals surface area (Å²) >= 11 is 0. The molecule has 0 unspecified atom stereocenters. The second-order valence-corrected chi connectivity index (χ2v) is 5.43. The molecule has 0 bridgehead atoms. The van der Waals surface area contributed by atoms with E-state index < -0.39 is 11.7 Å². The van der Waals surface area contributed by atoms with E-state index in [0.29, 0.717) is 6.54 Å². The van der Waals surface area contributed by atoms with Crippen LogP contribution in [-0.4, -0.2) is 6.54 Å². The first kappa shape index (κ1) is 15.0. The summed E-state index contributed by atoms with van der Waals surface area (Å²) in [6.07, 6.45) is -1.57. The van der Waals surface area contributed by atoms with Gasteiger partial charge in [-0.15, -0.1) is 0 Å². The Kier molecular flexibility index (Phi) is 4.79. The molecule has 0 atom stereocenters. The summed E-state index contributed by atoms with van der Waals surface area (Å²) in [4.78, 5) is 0. The molecule has 0 aromatic heterocycles. The Morgan fingerprint density at radius 3 is 2.06 bits per heavy atom. The zero-order valence-electron chi connectivity index (χ0n) is 10.8. The zero-order valence-corrected chi connectivity index (χ0v) is 10.8. The summed E-state index contributed by atoms with van der Waals surface area (Å²) in [6.45, 7) is 4.87. The maximum Gasteiger partial charge on any atom is 0.416 e. The van der Waals surface area contributed by atoms with Gasteiger partial charge in [0.05, 0.1) is 5.56 Å².